The zero-order valence-corrected chi connectivity index (χ0v) is 13.8. The van der Waals surface area contributed by atoms with Crippen LogP contribution >= 0.6 is 27.7 Å². The summed E-state index contributed by atoms with van der Waals surface area (Å²) in [5.41, 5.74) is 1.78. The van der Waals surface area contributed by atoms with E-state index in [1.807, 2.05) is 24.3 Å². The Balaban J connectivity index is 2.03. The van der Waals surface area contributed by atoms with E-state index in [9.17, 15) is 9.59 Å². The van der Waals surface area contributed by atoms with Crippen molar-refractivity contribution in [1.82, 2.24) is 0 Å². The van der Waals surface area contributed by atoms with Crippen molar-refractivity contribution in [2.24, 2.45) is 0 Å². The van der Waals surface area contributed by atoms with Gasteiger partial charge < -0.3 is 5.11 Å². The molecule has 1 atom stereocenters. The molecule has 0 spiro atoms. The van der Waals surface area contributed by atoms with Crippen molar-refractivity contribution >= 4 is 45.3 Å². The van der Waals surface area contributed by atoms with Crippen LogP contribution in [0.25, 0.3) is 0 Å². The van der Waals surface area contributed by atoms with Gasteiger partial charge >= 0.3 is 5.97 Å². The molecule has 1 unspecified atom stereocenters. The minimum Gasteiger partial charge on any atom is -0.478 e. The Morgan fingerprint density at radius 1 is 1.23 bits per heavy atom. The Hall–Kier alpha value is -1.79. The normalized spacial score (nSPS) is 17.8. The van der Waals surface area contributed by atoms with Crippen molar-refractivity contribution < 1.29 is 14.7 Å². The van der Waals surface area contributed by atoms with Crippen LogP contribution in [0.1, 0.15) is 21.3 Å². The number of thioether (sulfide) groups is 1. The molecule has 3 rings (SSSR count). The number of carbonyl (C=O) groups excluding carboxylic acids is 1. The third-order valence-electron chi connectivity index (χ3n) is 3.41. The Morgan fingerprint density at radius 2 is 2.00 bits per heavy atom. The molecule has 2 aromatic carbocycles. The highest BCUT2D eigenvalue weighted by atomic mass is 79.9. The van der Waals surface area contributed by atoms with Gasteiger partial charge in [0.1, 0.15) is 5.37 Å². The van der Waals surface area contributed by atoms with E-state index in [0.717, 1.165) is 10.0 Å². The van der Waals surface area contributed by atoms with Crippen LogP contribution in [0.4, 0.5) is 5.69 Å². The SMILES string of the molecule is O=C(O)c1cccc(N2C(=O)CSC2c2ccccc2Br)c1. The van der Waals surface area contributed by atoms with Gasteiger partial charge in [0.25, 0.3) is 0 Å². The molecule has 112 valence electrons. The second kappa shape index (κ2) is 6.14. The highest BCUT2D eigenvalue weighted by molar-refractivity contribution is 9.10. The highest BCUT2D eigenvalue weighted by Crippen LogP contribution is 2.44. The van der Waals surface area contributed by atoms with Crippen molar-refractivity contribution in [3.05, 3.63) is 64.1 Å². The first-order valence-electron chi connectivity index (χ1n) is 6.59. The van der Waals surface area contributed by atoms with Crippen molar-refractivity contribution in [2.75, 3.05) is 10.7 Å². The summed E-state index contributed by atoms with van der Waals surface area (Å²) in [5.74, 6) is -0.643. The summed E-state index contributed by atoms with van der Waals surface area (Å²) >= 11 is 5.05. The average Bonchev–Trinajstić information content (AvgIpc) is 2.89. The molecule has 1 amide bonds. The van der Waals surface area contributed by atoms with Gasteiger partial charge in [0, 0.05) is 10.2 Å². The lowest BCUT2D eigenvalue weighted by Crippen LogP contribution is -2.28. The number of nitrogens with zero attached hydrogens (tertiary/aromatic N) is 1. The Labute approximate surface area is 140 Å². The minimum atomic E-state index is -1.00. The van der Waals surface area contributed by atoms with Gasteiger partial charge in [-0.3, -0.25) is 9.69 Å². The fourth-order valence-corrected chi connectivity index (χ4v) is 4.26. The maximum atomic E-state index is 12.3. The standard InChI is InChI=1S/C16H12BrNO3S/c17-13-7-2-1-6-12(13)15-18(14(19)9-22-15)11-5-3-4-10(8-11)16(20)21/h1-8,15H,9H2,(H,20,21). The topological polar surface area (TPSA) is 57.6 Å². The second-order valence-corrected chi connectivity index (χ2v) is 6.73. The number of carboxylic acids is 1. The van der Waals surface area contributed by atoms with Crippen LogP contribution in [0.15, 0.2) is 53.0 Å². The molecule has 1 fully saturated rings. The summed E-state index contributed by atoms with van der Waals surface area (Å²) in [6.45, 7) is 0. The average molecular weight is 378 g/mol. The zero-order valence-electron chi connectivity index (χ0n) is 11.4. The van der Waals surface area contributed by atoms with E-state index in [0.29, 0.717) is 11.4 Å². The van der Waals surface area contributed by atoms with Crippen LogP contribution in [0.2, 0.25) is 0 Å². The van der Waals surface area contributed by atoms with E-state index in [1.165, 1.54) is 23.9 Å². The lowest BCUT2D eigenvalue weighted by molar-refractivity contribution is -0.115. The van der Waals surface area contributed by atoms with Crippen LogP contribution in [-0.2, 0) is 4.79 Å². The molecule has 6 heteroatoms. The highest BCUT2D eigenvalue weighted by Gasteiger charge is 2.35. The maximum absolute atomic E-state index is 12.3. The molecule has 1 aliphatic rings. The van der Waals surface area contributed by atoms with Gasteiger partial charge in [0.15, 0.2) is 0 Å². The first kappa shape index (κ1) is 15.1. The predicted molar refractivity (Wildman–Crippen MR) is 90.2 cm³/mol. The lowest BCUT2D eigenvalue weighted by Gasteiger charge is -2.25. The van der Waals surface area contributed by atoms with E-state index in [2.05, 4.69) is 15.9 Å². The number of hydrogen-bond acceptors (Lipinski definition) is 3. The van der Waals surface area contributed by atoms with E-state index in [4.69, 9.17) is 5.11 Å². The minimum absolute atomic E-state index is 0.0201. The molecule has 1 N–H and O–H groups in total. The molecular weight excluding hydrogens is 366 g/mol. The molecule has 22 heavy (non-hydrogen) atoms. The summed E-state index contributed by atoms with van der Waals surface area (Å²) in [4.78, 5) is 25.1. The fourth-order valence-electron chi connectivity index (χ4n) is 2.40. The van der Waals surface area contributed by atoms with Gasteiger partial charge in [-0.2, -0.15) is 0 Å². The van der Waals surface area contributed by atoms with Gasteiger partial charge in [-0.25, -0.2) is 4.79 Å². The second-order valence-electron chi connectivity index (χ2n) is 4.80. The van der Waals surface area contributed by atoms with Crippen molar-refractivity contribution in [1.29, 1.82) is 0 Å². The number of rotatable bonds is 3. The van der Waals surface area contributed by atoms with Crippen LogP contribution < -0.4 is 4.90 Å². The summed E-state index contributed by atoms with van der Waals surface area (Å²) in [5, 5.41) is 8.97. The number of amides is 1. The van der Waals surface area contributed by atoms with Crippen molar-refractivity contribution in [2.45, 2.75) is 5.37 Å². The Morgan fingerprint density at radius 3 is 2.73 bits per heavy atom. The van der Waals surface area contributed by atoms with Gasteiger partial charge in [-0.1, -0.05) is 40.2 Å². The quantitative estimate of drug-likeness (QED) is 0.880. The number of benzene rings is 2. The smallest absolute Gasteiger partial charge is 0.335 e. The molecule has 1 saturated heterocycles. The third kappa shape index (κ3) is 2.76. The molecule has 4 nitrogen and oxygen atoms in total. The predicted octanol–water partition coefficient (Wildman–Crippen LogP) is 3.93. The first-order valence-corrected chi connectivity index (χ1v) is 8.43. The lowest BCUT2D eigenvalue weighted by atomic mass is 10.1. The van der Waals surface area contributed by atoms with E-state index < -0.39 is 5.97 Å². The van der Waals surface area contributed by atoms with Crippen LogP contribution in [0.5, 0.6) is 0 Å². The van der Waals surface area contributed by atoms with E-state index >= 15 is 0 Å². The summed E-state index contributed by atoms with van der Waals surface area (Å²) in [6.07, 6.45) is 0. The molecular formula is C16H12BrNO3S. The molecule has 0 aromatic heterocycles. The third-order valence-corrected chi connectivity index (χ3v) is 5.33. The molecule has 1 heterocycles. The van der Waals surface area contributed by atoms with Gasteiger partial charge in [0.2, 0.25) is 5.91 Å². The van der Waals surface area contributed by atoms with E-state index in [-0.39, 0.29) is 16.8 Å². The summed E-state index contributed by atoms with van der Waals surface area (Å²) in [7, 11) is 0. The van der Waals surface area contributed by atoms with Gasteiger partial charge in [-0.05, 0) is 29.8 Å². The van der Waals surface area contributed by atoms with Crippen LogP contribution in [0.3, 0.4) is 0 Å². The molecule has 1 aliphatic heterocycles. The van der Waals surface area contributed by atoms with E-state index in [1.54, 1.807) is 17.0 Å². The number of carbonyl (C=O) groups is 2. The zero-order chi connectivity index (χ0) is 15.7. The van der Waals surface area contributed by atoms with Gasteiger partial charge in [0.05, 0.1) is 11.3 Å². The van der Waals surface area contributed by atoms with Gasteiger partial charge in [-0.15, -0.1) is 11.8 Å². The molecule has 0 aliphatic carbocycles. The van der Waals surface area contributed by atoms with Crippen molar-refractivity contribution in [3.63, 3.8) is 0 Å². The largest absolute Gasteiger partial charge is 0.478 e. The summed E-state index contributed by atoms with van der Waals surface area (Å²) < 4.78 is 0.932. The number of aromatic carboxylic acids is 1. The number of carboxylic acid groups (broad SMARTS) is 1. The summed E-state index contributed by atoms with van der Waals surface area (Å²) in [6, 6.07) is 14.2. The molecule has 2 aromatic rings. The fraction of sp³-hybridized carbons (Fsp3) is 0.125. The number of halogens is 1. The molecule has 0 radical (unpaired) electrons. The Kier molecular flexibility index (Phi) is 4.22. The Bertz CT molecular complexity index is 750. The van der Waals surface area contributed by atoms with Crippen LogP contribution in [-0.4, -0.2) is 22.7 Å². The first-order chi connectivity index (χ1) is 10.6. The number of hydrogen-bond donors (Lipinski definition) is 1. The monoisotopic (exact) mass is 377 g/mol. The molecule has 0 bridgehead atoms. The van der Waals surface area contributed by atoms with Crippen molar-refractivity contribution in [3.8, 4) is 0 Å². The van der Waals surface area contributed by atoms with Crippen LogP contribution in [0, 0.1) is 0 Å². The maximum Gasteiger partial charge on any atom is 0.335 e. The number of anilines is 1. The molecule has 0 saturated carbocycles.